The van der Waals surface area contributed by atoms with Gasteiger partial charge in [-0.1, -0.05) is 198 Å². The van der Waals surface area contributed by atoms with E-state index in [1.165, 1.54) is 44.5 Å². The Hall–Kier alpha value is -8.15. The van der Waals surface area contributed by atoms with Gasteiger partial charge in [0.15, 0.2) is 23.3 Å². The first-order valence-electron chi connectivity index (χ1n) is 22.7. The standard InChI is InChI=1S/C61H45N5/c1-60(2)51-28-14-12-26-47(51)49-35-45(30-32-52(49)60)59-65-57(39-19-9-6-10-20-39)64-58(66-59)44-24-16-22-41(34-44)40-21-15-23-42(33-40)54-37-55(63-56(62-54)38-17-7-5-8-18-38)43-29-31-48-46-25-11-13-27-50(46)61(3,4)53(48)36-43/h5-37H,1-4H3. The molecule has 0 bridgehead atoms. The van der Waals surface area contributed by atoms with Crippen molar-refractivity contribution in [2.45, 2.75) is 38.5 Å². The monoisotopic (exact) mass is 847 g/mol. The summed E-state index contributed by atoms with van der Waals surface area (Å²) in [5, 5.41) is 0. The molecule has 10 aromatic rings. The second-order valence-corrected chi connectivity index (χ2v) is 18.5. The lowest BCUT2D eigenvalue weighted by molar-refractivity contribution is 0.660. The van der Waals surface area contributed by atoms with Crippen molar-refractivity contribution in [2.75, 3.05) is 0 Å². The van der Waals surface area contributed by atoms with Crippen molar-refractivity contribution >= 4 is 0 Å². The molecule has 66 heavy (non-hydrogen) atoms. The van der Waals surface area contributed by atoms with Crippen LogP contribution in [0, 0.1) is 0 Å². The van der Waals surface area contributed by atoms with Crippen LogP contribution in [0.25, 0.3) is 101 Å². The Morgan fingerprint density at radius 1 is 0.242 bits per heavy atom. The van der Waals surface area contributed by atoms with Crippen LogP contribution in [-0.4, -0.2) is 24.9 Å². The van der Waals surface area contributed by atoms with Gasteiger partial charge in [-0.2, -0.15) is 0 Å². The molecule has 0 fully saturated rings. The van der Waals surface area contributed by atoms with Crippen LogP contribution in [0.2, 0.25) is 0 Å². The summed E-state index contributed by atoms with van der Waals surface area (Å²) in [5.41, 5.74) is 19.9. The van der Waals surface area contributed by atoms with Crippen molar-refractivity contribution in [3.63, 3.8) is 0 Å². The Kier molecular flexibility index (Phi) is 9.11. The van der Waals surface area contributed by atoms with Gasteiger partial charge in [-0.15, -0.1) is 0 Å². The summed E-state index contributed by atoms with van der Waals surface area (Å²) < 4.78 is 0. The molecule has 12 rings (SSSR count). The van der Waals surface area contributed by atoms with Gasteiger partial charge < -0.3 is 0 Å². The van der Waals surface area contributed by atoms with Crippen LogP contribution in [0.15, 0.2) is 200 Å². The predicted molar refractivity (Wildman–Crippen MR) is 269 cm³/mol. The number of aromatic nitrogens is 5. The third-order valence-corrected chi connectivity index (χ3v) is 13.8. The lowest BCUT2D eigenvalue weighted by Gasteiger charge is -2.22. The van der Waals surface area contributed by atoms with E-state index < -0.39 is 0 Å². The molecule has 0 saturated heterocycles. The van der Waals surface area contributed by atoms with Gasteiger partial charge in [-0.25, -0.2) is 24.9 Å². The SMILES string of the molecule is CC1(C)c2ccccc2-c2cc(-c3nc(-c4ccccc4)nc(-c4cccc(-c5cccc(-c6cc(-c7ccc8c(c7)C(C)(C)c7ccccc7-8)nc(-c7ccccc7)n6)c5)c4)n3)ccc21. The lowest BCUT2D eigenvalue weighted by atomic mass is 9.82. The highest BCUT2D eigenvalue weighted by Crippen LogP contribution is 2.51. The van der Waals surface area contributed by atoms with E-state index in [9.17, 15) is 0 Å². The molecular formula is C61H45N5. The smallest absolute Gasteiger partial charge is 0.164 e. The average molecular weight is 848 g/mol. The molecule has 5 nitrogen and oxygen atoms in total. The molecule has 2 heterocycles. The Morgan fingerprint density at radius 2 is 0.636 bits per heavy atom. The van der Waals surface area contributed by atoms with Gasteiger partial charge in [-0.3, -0.25) is 0 Å². The molecule has 0 N–H and O–H groups in total. The number of hydrogen-bond acceptors (Lipinski definition) is 5. The van der Waals surface area contributed by atoms with E-state index in [1.807, 2.05) is 36.4 Å². The summed E-state index contributed by atoms with van der Waals surface area (Å²) in [6.07, 6.45) is 0. The molecule has 2 aliphatic carbocycles. The first kappa shape index (κ1) is 39.4. The molecule has 5 heteroatoms. The van der Waals surface area contributed by atoms with Crippen molar-refractivity contribution in [3.8, 4) is 101 Å². The van der Waals surface area contributed by atoms with E-state index in [0.29, 0.717) is 23.3 Å². The van der Waals surface area contributed by atoms with Crippen LogP contribution >= 0.6 is 0 Å². The normalized spacial score (nSPS) is 13.7. The molecule has 2 aliphatic rings. The summed E-state index contributed by atoms with van der Waals surface area (Å²) in [4.78, 5) is 25.8. The fourth-order valence-corrected chi connectivity index (χ4v) is 10.2. The number of nitrogens with zero attached hydrogens (tertiary/aromatic N) is 5. The van der Waals surface area contributed by atoms with Crippen LogP contribution in [0.1, 0.15) is 49.9 Å². The molecule has 0 saturated carbocycles. The lowest BCUT2D eigenvalue weighted by Crippen LogP contribution is -2.14. The van der Waals surface area contributed by atoms with Crippen molar-refractivity contribution in [3.05, 3.63) is 222 Å². The minimum Gasteiger partial charge on any atom is -0.228 e. The zero-order valence-electron chi connectivity index (χ0n) is 37.3. The van der Waals surface area contributed by atoms with Crippen molar-refractivity contribution in [1.29, 1.82) is 0 Å². The predicted octanol–water partition coefficient (Wildman–Crippen LogP) is 14.9. The van der Waals surface area contributed by atoms with Crippen LogP contribution in [0.5, 0.6) is 0 Å². The second kappa shape index (κ2) is 15.2. The third kappa shape index (κ3) is 6.58. The van der Waals surface area contributed by atoms with Gasteiger partial charge in [0.25, 0.3) is 0 Å². The highest BCUT2D eigenvalue weighted by Gasteiger charge is 2.36. The second-order valence-electron chi connectivity index (χ2n) is 18.5. The van der Waals surface area contributed by atoms with Crippen LogP contribution in [0.3, 0.4) is 0 Å². The van der Waals surface area contributed by atoms with Crippen LogP contribution < -0.4 is 0 Å². The molecular weight excluding hydrogens is 803 g/mol. The number of hydrogen-bond donors (Lipinski definition) is 0. The summed E-state index contributed by atoms with van der Waals surface area (Å²) in [5.74, 6) is 2.58. The highest BCUT2D eigenvalue weighted by molar-refractivity contribution is 5.86. The fourth-order valence-electron chi connectivity index (χ4n) is 10.2. The molecule has 0 unspecified atom stereocenters. The Morgan fingerprint density at radius 3 is 1.26 bits per heavy atom. The molecule has 0 spiro atoms. The maximum atomic E-state index is 5.21. The topological polar surface area (TPSA) is 64.5 Å². The molecule has 0 aliphatic heterocycles. The van der Waals surface area contributed by atoms with Gasteiger partial charge in [-0.05, 0) is 86.0 Å². The molecule has 0 radical (unpaired) electrons. The Bertz CT molecular complexity index is 3540. The van der Waals surface area contributed by atoms with Gasteiger partial charge in [0.05, 0.1) is 11.4 Å². The number of fused-ring (bicyclic) bond motifs is 6. The zero-order valence-corrected chi connectivity index (χ0v) is 37.3. The van der Waals surface area contributed by atoms with E-state index in [2.05, 4.69) is 191 Å². The van der Waals surface area contributed by atoms with Crippen LogP contribution in [0.4, 0.5) is 0 Å². The summed E-state index contributed by atoms with van der Waals surface area (Å²) in [6.45, 7) is 9.24. The van der Waals surface area contributed by atoms with Crippen molar-refractivity contribution in [2.24, 2.45) is 0 Å². The first-order chi connectivity index (χ1) is 32.2. The summed E-state index contributed by atoms with van der Waals surface area (Å²) in [6, 6.07) is 70.6. The molecule has 0 atom stereocenters. The Balaban J connectivity index is 0.939. The maximum Gasteiger partial charge on any atom is 0.164 e. The quantitative estimate of drug-likeness (QED) is 0.160. The number of rotatable bonds is 7. The maximum absolute atomic E-state index is 5.21. The average Bonchev–Trinajstić information content (AvgIpc) is 3.75. The van der Waals surface area contributed by atoms with Gasteiger partial charge >= 0.3 is 0 Å². The van der Waals surface area contributed by atoms with E-state index >= 15 is 0 Å². The van der Waals surface area contributed by atoms with E-state index in [-0.39, 0.29) is 10.8 Å². The third-order valence-electron chi connectivity index (χ3n) is 13.8. The first-order valence-corrected chi connectivity index (χ1v) is 22.7. The van der Waals surface area contributed by atoms with Gasteiger partial charge in [0, 0.05) is 44.2 Å². The zero-order chi connectivity index (χ0) is 44.6. The van der Waals surface area contributed by atoms with E-state index in [0.717, 1.165) is 55.9 Å². The largest absolute Gasteiger partial charge is 0.228 e. The number of benzene rings is 8. The van der Waals surface area contributed by atoms with E-state index in [4.69, 9.17) is 24.9 Å². The molecule has 8 aromatic carbocycles. The highest BCUT2D eigenvalue weighted by atomic mass is 15.0. The molecule has 314 valence electrons. The fraction of sp³-hybridized carbons (Fsp3) is 0.0984. The minimum atomic E-state index is -0.124. The summed E-state index contributed by atoms with van der Waals surface area (Å²) >= 11 is 0. The van der Waals surface area contributed by atoms with Crippen molar-refractivity contribution in [1.82, 2.24) is 24.9 Å². The summed E-state index contributed by atoms with van der Waals surface area (Å²) in [7, 11) is 0. The molecule has 2 aromatic heterocycles. The Labute approximate surface area is 385 Å². The molecule has 0 amide bonds. The van der Waals surface area contributed by atoms with Crippen molar-refractivity contribution < 1.29 is 0 Å². The van der Waals surface area contributed by atoms with Gasteiger partial charge in [0.2, 0.25) is 0 Å². The minimum absolute atomic E-state index is 0.0885. The van der Waals surface area contributed by atoms with E-state index in [1.54, 1.807) is 0 Å². The van der Waals surface area contributed by atoms with Crippen LogP contribution in [-0.2, 0) is 10.8 Å². The van der Waals surface area contributed by atoms with Gasteiger partial charge in [0.1, 0.15) is 0 Å².